The SMILES string of the molecule is CC(O)(O)C(O)(O)c1ccccc1. The molecule has 72 valence electrons. The topological polar surface area (TPSA) is 80.9 Å². The Morgan fingerprint density at radius 1 is 0.923 bits per heavy atom. The van der Waals surface area contributed by atoms with Crippen LogP contribution in [0.3, 0.4) is 0 Å². The van der Waals surface area contributed by atoms with Crippen LogP contribution in [0.2, 0.25) is 0 Å². The summed E-state index contributed by atoms with van der Waals surface area (Å²) in [6, 6.07) is 7.62. The van der Waals surface area contributed by atoms with E-state index < -0.39 is 11.6 Å². The van der Waals surface area contributed by atoms with Crippen molar-refractivity contribution in [1.82, 2.24) is 0 Å². The zero-order valence-corrected chi connectivity index (χ0v) is 7.18. The van der Waals surface area contributed by atoms with Gasteiger partial charge >= 0.3 is 0 Å². The lowest BCUT2D eigenvalue weighted by Gasteiger charge is -2.32. The minimum absolute atomic E-state index is 0.0301. The summed E-state index contributed by atoms with van der Waals surface area (Å²) < 4.78 is 0. The van der Waals surface area contributed by atoms with Gasteiger partial charge in [-0.1, -0.05) is 30.3 Å². The second-order valence-corrected chi connectivity index (χ2v) is 3.06. The smallest absolute Gasteiger partial charge is 0.245 e. The van der Waals surface area contributed by atoms with E-state index in [9.17, 15) is 10.2 Å². The lowest BCUT2D eigenvalue weighted by atomic mass is 9.99. The van der Waals surface area contributed by atoms with Crippen LogP contribution in [0.25, 0.3) is 0 Å². The van der Waals surface area contributed by atoms with Gasteiger partial charge in [0.1, 0.15) is 0 Å². The largest absolute Gasteiger partial charge is 0.361 e. The van der Waals surface area contributed by atoms with Gasteiger partial charge in [-0.2, -0.15) is 0 Å². The highest BCUT2D eigenvalue weighted by molar-refractivity contribution is 5.21. The zero-order valence-electron chi connectivity index (χ0n) is 7.18. The summed E-state index contributed by atoms with van der Waals surface area (Å²) in [6.45, 7) is 0.903. The average Bonchev–Trinajstić information content (AvgIpc) is 2.04. The van der Waals surface area contributed by atoms with Crippen LogP contribution < -0.4 is 0 Å². The van der Waals surface area contributed by atoms with Crippen molar-refractivity contribution in [3.8, 4) is 0 Å². The van der Waals surface area contributed by atoms with Crippen LogP contribution in [-0.4, -0.2) is 26.2 Å². The molecule has 13 heavy (non-hydrogen) atoms. The van der Waals surface area contributed by atoms with E-state index in [1.165, 1.54) is 12.1 Å². The molecule has 1 aromatic carbocycles. The highest BCUT2D eigenvalue weighted by Gasteiger charge is 2.44. The molecule has 0 aliphatic carbocycles. The Balaban J connectivity index is 3.08. The maximum Gasteiger partial charge on any atom is 0.245 e. The third-order valence-electron chi connectivity index (χ3n) is 1.84. The highest BCUT2D eigenvalue weighted by Crippen LogP contribution is 2.27. The molecule has 1 rings (SSSR count). The Bertz CT molecular complexity index is 273. The molecule has 4 N–H and O–H groups in total. The molecule has 0 fully saturated rings. The van der Waals surface area contributed by atoms with Gasteiger partial charge in [0.2, 0.25) is 11.6 Å². The lowest BCUT2D eigenvalue weighted by molar-refractivity contribution is -0.357. The molecule has 0 atom stereocenters. The molecule has 0 spiro atoms. The average molecular weight is 184 g/mol. The molecule has 0 heterocycles. The molecule has 0 amide bonds. The third kappa shape index (κ3) is 1.87. The van der Waals surface area contributed by atoms with Crippen LogP contribution in [0, 0.1) is 0 Å². The maximum atomic E-state index is 9.38. The van der Waals surface area contributed by atoms with Gasteiger partial charge in [0.15, 0.2) is 0 Å². The quantitative estimate of drug-likeness (QED) is 0.468. The van der Waals surface area contributed by atoms with E-state index in [-0.39, 0.29) is 5.56 Å². The zero-order chi connectivity index (χ0) is 10.1. The highest BCUT2D eigenvalue weighted by atomic mass is 16.6. The van der Waals surface area contributed by atoms with Crippen LogP contribution >= 0.6 is 0 Å². The van der Waals surface area contributed by atoms with Gasteiger partial charge in [-0.25, -0.2) is 0 Å². The van der Waals surface area contributed by atoms with E-state index in [1.807, 2.05) is 0 Å². The van der Waals surface area contributed by atoms with E-state index in [0.29, 0.717) is 0 Å². The van der Waals surface area contributed by atoms with Gasteiger partial charge < -0.3 is 20.4 Å². The summed E-state index contributed by atoms with van der Waals surface area (Å²) in [5.74, 6) is -5.25. The van der Waals surface area contributed by atoms with Crippen molar-refractivity contribution in [2.75, 3.05) is 0 Å². The minimum atomic E-state index is -2.66. The van der Waals surface area contributed by atoms with Crippen LogP contribution in [0.1, 0.15) is 12.5 Å². The first kappa shape index (κ1) is 10.1. The molecular formula is C9H12O4. The molecule has 0 aromatic heterocycles. The van der Waals surface area contributed by atoms with Gasteiger partial charge in [-0.05, 0) is 6.92 Å². The molecule has 0 aliphatic heterocycles. The molecular weight excluding hydrogens is 172 g/mol. The first-order valence-corrected chi connectivity index (χ1v) is 3.81. The normalized spacial score (nSPS) is 13.0. The van der Waals surface area contributed by atoms with Gasteiger partial charge in [0, 0.05) is 5.56 Å². The molecule has 0 saturated carbocycles. The molecule has 0 bridgehead atoms. The minimum Gasteiger partial charge on any atom is -0.361 e. The van der Waals surface area contributed by atoms with Crippen LogP contribution in [-0.2, 0) is 5.79 Å². The van der Waals surface area contributed by atoms with Gasteiger partial charge in [-0.3, -0.25) is 0 Å². The maximum absolute atomic E-state index is 9.38. The Kier molecular flexibility index (Phi) is 2.40. The summed E-state index contributed by atoms with van der Waals surface area (Å²) in [4.78, 5) is 0. The Morgan fingerprint density at radius 3 is 1.77 bits per heavy atom. The van der Waals surface area contributed by atoms with E-state index >= 15 is 0 Å². The number of hydrogen-bond donors (Lipinski definition) is 4. The fourth-order valence-electron chi connectivity index (χ4n) is 0.944. The molecule has 0 unspecified atom stereocenters. The van der Waals surface area contributed by atoms with Crippen molar-refractivity contribution in [1.29, 1.82) is 0 Å². The molecule has 4 heteroatoms. The molecule has 0 aliphatic rings. The van der Waals surface area contributed by atoms with Crippen LogP contribution in [0.4, 0.5) is 0 Å². The van der Waals surface area contributed by atoms with Crippen molar-refractivity contribution < 1.29 is 20.4 Å². The predicted octanol–water partition coefficient (Wildman–Crippen LogP) is -0.475. The third-order valence-corrected chi connectivity index (χ3v) is 1.84. The fraction of sp³-hybridized carbons (Fsp3) is 0.333. The lowest BCUT2D eigenvalue weighted by Crippen LogP contribution is -2.49. The number of hydrogen-bond acceptors (Lipinski definition) is 4. The van der Waals surface area contributed by atoms with Crippen molar-refractivity contribution in [3.05, 3.63) is 35.9 Å². The first-order valence-electron chi connectivity index (χ1n) is 3.81. The standard InChI is InChI=1S/C9H12O4/c1-8(10,11)9(12,13)7-5-3-2-4-6-7/h2-6,10-13H,1H3. The second-order valence-electron chi connectivity index (χ2n) is 3.06. The van der Waals surface area contributed by atoms with Crippen molar-refractivity contribution in [3.63, 3.8) is 0 Å². The summed E-state index contributed by atoms with van der Waals surface area (Å²) in [7, 11) is 0. The van der Waals surface area contributed by atoms with Crippen molar-refractivity contribution >= 4 is 0 Å². The van der Waals surface area contributed by atoms with Crippen molar-refractivity contribution in [2.24, 2.45) is 0 Å². The number of benzene rings is 1. The number of rotatable bonds is 2. The summed E-state index contributed by atoms with van der Waals surface area (Å²) in [5.41, 5.74) is 0.0301. The van der Waals surface area contributed by atoms with Crippen LogP contribution in [0.5, 0.6) is 0 Å². The number of aliphatic hydroxyl groups is 4. The first-order chi connectivity index (χ1) is 5.86. The van der Waals surface area contributed by atoms with Gasteiger partial charge in [-0.15, -0.1) is 0 Å². The summed E-state index contributed by atoms with van der Waals surface area (Å²) in [6.07, 6.45) is 0. The monoisotopic (exact) mass is 184 g/mol. The Labute approximate surface area is 75.7 Å². The van der Waals surface area contributed by atoms with Gasteiger partial charge in [0.25, 0.3) is 0 Å². The summed E-state index contributed by atoms with van der Waals surface area (Å²) in [5, 5.41) is 36.9. The molecule has 0 radical (unpaired) electrons. The predicted molar refractivity (Wildman–Crippen MR) is 45.4 cm³/mol. The summed E-state index contributed by atoms with van der Waals surface area (Å²) >= 11 is 0. The Morgan fingerprint density at radius 2 is 1.38 bits per heavy atom. The van der Waals surface area contributed by atoms with E-state index in [4.69, 9.17) is 10.2 Å². The second kappa shape index (κ2) is 3.08. The molecule has 1 aromatic rings. The Hall–Kier alpha value is -0.940. The molecule has 4 nitrogen and oxygen atoms in total. The van der Waals surface area contributed by atoms with E-state index in [2.05, 4.69) is 0 Å². The van der Waals surface area contributed by atoms with Gasteiger partial charge in [0.05, 0.1) is 0 Å². The molecule has 0 saturated heterocycles. The van der Waals surface area contributed by atoms with E-state index in [1.54, 1.807) is 18.2 Å². The fourth-order valence-corrected chi connectivity index (χ4v) is 0.944. The van der Waals surface area contributed by atoms with E-state index in [0.717, 1.165) is 6.92 Å². The van der Waals surface area contributed by atoms with Crippen molar-refractivity contribution in [2.45, 2.75) is 18.5 Å². The van der Waals surface area contributed by atoms with Crippen LogP contribution in [0.15, 0.2) is 30.3 Å².